The minimum Gasteiger partial charge on any atom is -0.383 e. The van der Waals surface area contributed by atoms with Crippen molar-refractivity contribution in [3.8, 4) is 0 Å². The molecule has 1 aromatic carbocycles. The first-order chi connectivity index (χ1) is 17.2. The van der Waals surface area contributed by atoms with Crippen LogP contribution in [0.5, 0.6) is 0 Å². The molecule has 2 bridgehead atoms. The van der Waals surface area contributed by atoms with Gasteiger partial charge in [-0.1, -0.05) is 18.9 Å². The van der Waals surface area contributed by atoms with E-state index in [1.807, 2.05) is 0 Å². The van der Waals surface area contributed by atoms with Crippen molar-refractivity contribution in [2.45, 2.75) is 50.0 Å². The lowest BCUT2D eigenvalue weighted by Gasteiger charge is -2.58. The number of likely N-dealkylation sites (N-methyl/N-ethyl adjacent to an activating group) is 1. The SMILES string of the molecule is COCCOCCOCCOCCOCCNc1ccc2c(c1)[C@@]13CCCC[C@H]1[C@@H](C2)N(C)CC3. The highest BCUT2D eigenvalue weighted by Crippen LogP contribution is 2.55. The molecule has 0 amide bonds. The van der Waals surface area contributed by atoms with Gasteiger partial charge in [0, 0.05) is 30.8 Å². The van der Waals surface area contributed by atoms with E-state index in [9.17, 15) is 0 Å². The quantitative estimate of drug-likeness (QED) is 0.356. The third-order valence-corrected chi connectivity index (χ3v) is 8.24. The van der Waals surface area contributed by atoms with E-state index in [4.69, 9.17) is 23.7 Å². The largest absolute Gasteiger partial charge is 0.383 e. The maximum Gasteiger partial charge on any atom is 0.0701 e. The molecule has 4 rings (SSSR count). The summed E-state index contributed by atoms with van der Waals surface area (Å²) in [5.74, 6) is 0.834. The van der Waals surface area contributed by atoms with Gasteiger partial charge in [-0.05, 0) is 68.5 Å². The Hall–Kier alpha value is -1.22. The number of hydrogen-bond donors (Lipinski definition) is 1. The van der Waals surface area contributed by atoms with E-state index in [0.29, 0.717) is 64.9 Å². The van der Waals surface area contributed by atoms with E-state index in [1.165, 1.54) is 50.8 Å². The van der Waals surface area contributed by atoms with Crippen LogP contribution in [0.15, 0.2) is 18.2 Å². The molecule has 0 unspecified atom stereocenters. The Morgan fingerprint density at radius 3 is 2.29 bits per heavy atom. The first kappa shape index (κ1) is 26.8. The van der Waals surface area contributed by atoms with Gasteiger partial charge in [0.25, 0.3) is 0 Å². The first-order valence-corrected chi connectivity index (χ1v) is 13.6. The highest BCUT2D eigenvalue weighted by Gasteiger charge is 2.52. The molecule has 7 nitrogen and oxygen atoms in total. The highest BCUT2D eigenvalue weighted by molar-refractivity contribution is 5.53. The van der Waals surface area contributed by atoms with Crippen LogP contribution in [-0.4, -0.2) is 97.7 Å². The number of nitrogens with zero attached hydrogens (tertiary/aromatic N) is 1. The van der Waals surface area contributed by atoms with Gasteiger partial charge < -0.3 is 33.9 Å². The normalized spacial score (nSPS) is 25.8. The Bertz CT molecular complexity index is 763. The van der Waals surface area contributed by atoms with Gasteiger partial charge in [0.05, 0.1) is 59.5 Å². The zero-order chi connectivity index (χ0) is 24.3. The van der Waals surface area contributed by atoms with Crippen LogP contribution in [0.3, 0.4) is 0 Å². The first-order valence-electron chi connectivity index (χ1n) is 13.6. The summed E-state index contributed by atoms with van der Waals surface area (Å²) >= 11 is 0. The smallest absolute Gasteiger partial charge is 0.0701 e. The van der Waals surface area contributed by atoms with Gasteiger partial charge in [-0.25, -0.2) is 0 Å². The van der Waals surface area contributed by atoms with E-state index in [-0.39, 0.29) is 0 Å². The van der Waals surface area contributed by atoms with Gasteiger partial charge in [-0.15, -0.1) is 0 Å². The molecule has 1 saturated carbocycles. The number of ether oxygens (including phenoxy) is 5. The molecule has 1 saturated heterocycles. The molecule has 7 heteroatoms. The molecule has 1 heterocycles. The number of likely N-dealkylation sites (tertiary alicyclic amines) is 1. The number of anilines is 1. The Morgan fingerprint density at radius 2 is 1.57 bits per heavy atom. The van der Waals surface area contributed by atoms with Crippen molar-refractivity contribution in [1.29, 1.82) is 0 Å². The standard InChI is InChI=1S/C28H46N2O5/c1-30-11-9-28-8-4-3-5-25(28)27(30)21-23-6-7-24(22-26(23)28)29-10-12-32-15-16-34-19-20-35-18-17-33-14-13-31-2/h6-7,22,25,27,29H,3-5,8-21H2,1-2H3/t25-,27+,28+/m0/s1. The number of methoxy groups -OCH3 is 1. The van der Waals surface area contributed by atoms with Crippen LogP contribution in [0.1, 0.15) is 43.2 Å². The lowest BCUT2D eigenvalue weighted by Crippen LogP contribution is -2.59. The van der Waals surface area contributed by atoms with Crippen LogP contribution >= 0.6 is 0 Å². The lowest BCUT2D eigenvalue weighted by molar-refractivity contribution is -0.00700. The monoisotopic (exact) mass is 490 g/mol. The Kier molecular flexibility index (Phi) is 10.7. The minimum absolute atomic E-state index is 0.412. The number of nitrogens with one attached hydrogen (secondary N) is 1. The molecule has 3 aliphatic rings. The fourth-order valence-corrected chi connectivity index (χ4v) is 6.48. The minimum atomic E-state index is 0.412. The molecule has 1 aliphatic heterocycles. The molecule has 3 atom stereocenters. The summed E-state index contributed by atoms with van der Waals surface area (Å²) in [4.78, 5) is 2.64. The van der Waals surface area contributed by atoms with E-state index in [0.717, 1.165) is 18.5 Å². The summed E-state index contributed by atoms with van der Waals surface area (Å²) in [6.45, 7) is 7.46. The van der Waals surface area contributed by atoms with Gasteiger partial charge in [-0.3, -0.25) is 0 Å². The van der Waals surface area contributed by atoms with Crippen LogP contribution in [0.2, 0.25) is 0 Å². The van der Waals surface area contributed by atoms with E-state index < -0.39 is 0 Å². The Balaban J connectivity index is 1.10. The van der Waals surface area contributed by atoms with Gasteiger partial charge in [-0.2, -0.15) is 0 Å². The van der Waals surface area contributed by atoms with Crippen molar-refractivity contribution < 1.29 is 23.7 Å². The second-order valence-corrected chi connectivity index (χ2v) is 10.3. The predicted molar refractivity (Wildman–Crippen MR) is 138 cm³/mol. The molecule has 0 radical (unpaired) electrons. The van der Waals surface area contributed by atoms with Gasteiger partial charge >= 0.3 is 0 Å². The van der Waals surface area contributed by atoms with Crippen molar-refractivity contribution >= 4 is 5.69 Å². The van der Waals surface area contributed by atoms with Crippen molar-refractivity contribution in [2.24, 2.45) is 5.92 Å². The predicted octanol–water partition coefficient (Wildman–Crippen LogP) is 3.50. The van der Waals surface area contributed by atoms with Crippen LogP contribution in [0.4, 0.5) is 5.69 Å². The van der Waals surface area contributed by atoms with E-state index in [2.05, 4.69) is 35.5 Å². The van der Waals surface area contributed by atoms with Crippen LogP contribution in [0, 0.1) is 5.92 Å². The van der Waals surface area contributed by atoms with Crippen molar-refractivity contribution in [3.63, 3.8) is 0 Å². The average Bonchev–Trinajstić information content (AvgIpc) is 2.88. The number of benzene rings is 1. The zero-order valence-electron chi connectivity index (χ0n) is 21.9. The van der Waals surface area contributed by atoms with Gasteiger partial charge in [0.2, 0.25) is 0 Å². The van der Waals surface area contributed by atoms with Crippen LogP contribution in [-0.2, 0) is 35.5 Å². The molecule has 1 N–H and O–H groups in total. The summed E-state index contributed by atoms with van der Waals surface area (Å²) in [5, 5.41) is 3.60. The summed E-state index contributed by atoms with van der Waals surface area (Å²) in [7, 11) is 4.00. The molecule has 0 spiro atoms. The molecule has 2 fully saturated rings. The van der Waals surface area contributed by atoms with Crippen molar-refractivity contribution in [1.82, 2.24) is 4.90 Å². The molecular weight excluding hydrogens is 444 g/mol. The van der Waals surface area contributed by atoms with E-state index in [1.54, 1.807) is 18.2 Å². The third-order valence-electron chi connectivity index (χ3n) is 8.24. The number of piperidine rings is 1. The van der Waals surface area contributed by atoms with Gasteiger partial charge in [0.15, 0.2) is 0 Å². The summed E-state index contributed by atoms with van der Waals surface area (Å²) < 4.78 is 27.0. The summed E-state index contributed by atoms with van der Waals surface area (Å²) in [6.07, 6.45) is 8.09. The molecule has 1 aromatic rings. The second-order valence-electron chi connectivity index (χ2n) is 10.3. The molecule has 2 aliphatic carbocycles. The summed E-state index contributed by atoms with van der Waals surface area (Å²) in [6, 6.07) is 7.86. The molecule has 35 heavy (non-hydrogen) atoms. The number of hydrogen-bond acceptors (Lipinski definition) is 7. The van der Waals surface area contributed by atoms with Crippen LogP contribution < -0.4 is 5.32 Å². The van der Waals surface area contributed by atoms with E-state index >= 15 is 0 Å². The zero-order valence-corrected chi connectivity index (χ0v) is 21.9. The second kappa shape index (κ2) is 13.9. The highest BCUT2D eigenvalue weighted by atomic mass is 16.6. The number of rotatable bonds is 16. The fraction of sp³-hybridized carbons (Fsp3) is 0.786. The lowest BCUT2D eigenvalue weighted by atomic mass is 9.52. The maximum absolute atomic E-state index is 5.75. The summed E-state index contributed by atoms with van der Waals surface area (Å²) in [5.41, 5.74) is 4.88. The topological polar surface area (TPSA) is 61.4 Å². The fourth-order valence-electron chi connectivity index (χ4n) is 6.48. The van der Waals surface area contributed by atoms with Gasteiger partial charge in [0.1, 0.15) is 0 Å². The molecular formula is C28H46N2O5. The molecule has 198 valence electrons. The third kappa shape index (κ3) is 6.96. The number of fused-ring (bicyclic) bond motifs is 1. The Labute approximate surface area is 211 Å². The van der Waals surface area contributed by atoms with Crippen molar-refractivity contribution in [2.75, 3.05) is 92.0 Å². The maximum atomic E-state index is 5.75. The Morgan fingerprint density at radius 1 is 0.886 bits per heavy atom. The average molecular weight is 491 g/mol. The van der Waals surface area contributed by atoms with Crippen molar-refractivity contribution in [3.05, 3.63) is 29.3 Å². The van der Waals surface area contributed by atoms with Crippen LogP contribution in [0.25, 0.3) is 0 Å². The molecule has 0 aromatic heterocycles.